The SMILES string of the molecule is CCOC(=O)CCc1cccc2c1OCCC2(C)c1cnc(-c2cc(C(O)c3c(F)c(F)c4[nH]ccc4c3F)ccc2F)[nH]1. The first-order valence-electron chi connectivity index (χ1n) is 14.2. The zero-order chi connectivity index (χ0) is 31.2. The molecule has 11 heteroatoms. The van der Waals surface area contributed by atoms with Crippen LogP contribution >= 0.6 is 0 Å². The molecule has 228 valence electrons. The second-order valence-corrected chi connectivity index (χ2v) is 10.9. The first-order valence-corrected chi connectivity index (χ1v) is 14.2. The van der Waals surface area contributed by atoms with Crippen LogP contribution < -0.4 is 4.74 Å². The fourth-order valence-corrected chi connectivity index (χ4v) is 5.87. The number of aryl methyl sites for hydroxylation is 1. The molecule has 2 aromatic heterocycles. The van der Waals surface area contributed by atoms with E-state index in [1.165, 1.54) is 24.4 Å². The molecular formula is C33H29F4N3O4. The number of hydrogen-bond donors (Lipinski definition) is 3. The highest BCUT2D eigenvalue weighted by atomic mass is 19.2. The molecule has 1 aliphatic rings. The number of esters is 1. The molecule has 0 saturated heterocycles. The van der Waals surface area contributed by atoms with Gasteiger partial charge in [0.25, 0.3) is 0 Å². The number of ether oxygens (including phenoxy) is 2. The number of fused-ring (bicyclic) bond motifs is 2. The minimum Gasteiger partial charge on any atom is -0.493 e. The number of para-hydroxylation sites is 1. The number of benzene rings is 3. The predicted molar refractivity (Wildman–Crippen MR) is 154 cm³/mol. The van der Waals surface area contributed by atoms with E-state index in [1.807, 2.05) is 25.1 Å². The summed E-state index contributed by atoms with van der Waals surface area (Å²) in [6.07, 6.45) is 2.15. The number of aliphatic hydroxyl groups is 1. The molecule has 0 bridgehead atoms. The Bertz CT molecular complexity index is 1880. The van der Waals surface area contributed by atoms with Gasteiger partial charge < -0.3 is 24.5 Å². The summed E-state index contributed by atoms with van der Waals surface area (Å²) in [5.41, 5.74) is 0.465. The fraction of sp³-hybridized carbons (Fsp3) is 0.273. The summed E-state index contributed by atoms with van der Waals surface area (Å²) in [4.78, 5) is 22.0. The third kappa shape index (κ3) is 4.90. The van der Waals surface area contributed by atoms with E-state index < -0.39 is 40.4 Å². The summed E-state index contributed by atoms with van der Waals surface area (Å²) in [5, 5.41) is 10.8. The third-order valence-electron chi connectivity index (χ3n) is 8.32. The number of hydrogen-bond acceptors (Lipinski definition) is 5. The van der Waals surface area contributed by atoms with E-state index in [4.69, 9.17) is 9.47 Å². The smallest absolute Gasteiger partial charge is 0.306 e. The summed E-state index contributed by atoms with van der Waals surface area (Å²) in [5.74, 6) is -4.16. The average Bonchev–Trinajstić information content (AvgIpc) is 3.71. The predicted octanol–water partition coefficient (Wildman–Crippen LogP) is 6.78. The van der Waals surface area contributed by atoms with Gasteiger partial charge in [0.15, 0.2) is 11.6 Å². The summed E-state index contributed by atoms with van der Waals surface area (Å²) < 4.78 is 71.0. The lowest BCUT2D eigenvalue weighted by molar-refractivity contribution is -0.143. The number of halogens is 4. The summed E-state index contributed by atoms with van der Waals surface area (Å²) in [6.45, 7) is 4.46. The normalized spacial score (nSPS) is 16.9. The zero-order valence-corrected chi connectivity index (χ0v) is 23.9. The second-order valence-electron chi connectivity index (χ2n) is 10.9. The zero-order valence-electron chi connectivity index (χ0n) is 23.9. The lowest BCUT2D eigenvalue weighted by atomic mass is 9.74. The van der Waals surface area contributed by atoms with Crippen LogP contribution in [-0.2, 0) is 21.4 Å². The quantitative estimate of drug-likeness (QED) is 0.103. The first kappa shape index (κ1) is 29.4. The Kier molecular flexibility index (Phi) is 7.66. The monoisotopic (exact) mass is 607 g/mol. The number of carbonyl (C=O) groups is 1. The van der Waals surface area contributed by atoms with Crippen molar-refractivity contribution in [2.24, 2.45) is 0 Å². The highest BCUT2D eigenvalue weighted by Gasteiger charge is 2.38. The van der Waals surface area contributed by atoms with Gasteiger partial charge in [-0.05, 0) is 56.0 Å². The van der Waals surface area contributed by atoms with Gasteiger partial charge in [-0.2, -0.15) is 0 Å². The van der Waals surface area contributed by atoms with Crippen molar-refractivity contribution in [3.63, 3.8) is 0 Å². The van der Waals surface area contributed by atoms with Gasteiger partial charge in [0.05, 0.1) is 29.9 Å². The molecule has 0 radical (unpaired) electrons. The highest BCUT2D eigenvalue weighted by Crippen LogP contribution is 2.45. The molecule has 3 aromatic carbocycles. The molecule has 0 amide bonds. The van der Waals surface area contributed by atoms with E-state index in [-0.39, 0.29) is 40.2 Å². The maximum absolute atomic E-state index is 15.2. The van der Waals surface area contributed by atoms with Gasteiger partial charge in [-0.1, -0.05) is 24.3 Å². The Morgan fingerprint density at radius 3 is 2.75 bits per heavy atom. The Morgan fingerprint density at radius 2 is 1.95 bits per heavy atom. The fourth-order valence-electron chi connectivity index (χ4n) is 5.87. The minimum atomic E-state index is -1.93. The Balaban J connectivity index is 1.34. The molecule has 44 heavy (non-hydrogen) atoms. The van der Waals surface area contributed by atoms with Crippen molar-refractivity contribution >= 4 is 16.9 Å². The van der Waals surface area contributed by atoms with E-state index in [9.17, 15) is 18.7 Å². The largest absolute Gasteiger partial charge is 0.493 e. The van der Waals surface area contributed by atoms with Crippen molar-refractivity contribution in [1.82, 2.24) is 15.0 Å². The lowest BCUT2D eigenvalue weighted by Gasteiger charge is -2.36. The van der Waals surface area contributed by atoms with Crippen LogP contribution in [0.3, 0.4) is 0 Å². The first-order chi connectivity index (χ1) is 21.1. The van der Waals surface area contributed by atoms with E-state index in [2.05, 4.69) is 15.0 Å². The molecule has 1 aliphatic heterocycles. The van der Waals surface area contributed by atoms with Crippen LogP contribution in [0.2, 0.25) is 0 Å². The summed E-state index contributed by atoms with van der Waals surface area (Å²) >= 11 is 0. The number of nitrogens with one attached hydrogen (secondary N) is 2. The van der Waals surface area contributed by atoms with Crippen molar-refractivity contribution in [1.29, 1.82) is 0 Å². The lowest BCUT2D eigenvalue weighted by Crippen LogP contribution is -2.32. The summed E-state index contributed by atoms with van der Waals surface area (Å²) in [7, 11) is 0. The molecular weight excluding hydrogens is 578 g/mol. The van der Waals surface area contributed by atoms with Gasteiger partial charge in [0.1, 0.15) is 29.3 Å². The van der Waals surface area contributed by atoms with Crippen LogP contribution in [0.1, 0.15) is 60.7 Å². The van der Waals surface area contributed by atoms with Crippen molar-refractivity contribution in [2.75, 3.05) is 13.2 Å². The molecule has 0 aliphatic carbocycles. The standard InChI is InChI=1S/C33H29F4N3O4/c1-3-43-24(41)10-8-17-5-4-6-21-31(17)44-14-12-33(21,2)23-16-39-32(40-23)20-15-18(7-9-22(20)34)30(42)25-26(35)19-11-13-38-29(19)28(37)27(25)36/h4-7,9,11,13,15-16,30,38,42H,3,8,10,12,14H2,1-2H3,(H,39,40). The Hall–Kier alpha value is -4.64. The Morgan fingerprint density at radius 1 is 1.14 bits per heavy atom. The number of imidazole rings is 1. The van der Waals surface area contributed by atoms with Gasteiger partial charge in [-0.15, -0.1) is 0 Å². The van der Waals surface area contributed by atoms with Gasteiger partial charge in [-0.3, -0.25) is 4.79 Å². The maximum atomic E-state index is 15.2. The van der Waals surface area contributed by atoms with Gasteiger partial charge in [0.2, 0.25) is 0 Å². The van der Waals surface area contributed by atoms with Crippen molar-refractivity contribution in [2.45, 2.75) is 44.6 Å². The van der Waals surface area contributed by atoms with E-state index in [0.717, 1.165) is 17.2 Å². The van der Waals surface area contributed by atoms with E-state index >= 15 is 8.78 Å². The Labute approximate surface area is 249 Å². The maximum Gasteiger partial charge on any atom is 0.306 e. The molecule has 3 N–H and O–H groups in total. The van der Waals surface area contributed by atoms with Crippen LogP contribution in [0.15, 0.2) is 54.9 Å². The molecule has 3 heterocycles. The van der Waals surface area contributed by atoms with Gasteiger partial charge >= 0.3 is 5.97 Å². The van der Waals surface area contributed by atoms with Gasteiger partial charge in [0, 0.05) is 40.9 Å². The van der Waals surface area contributed by atoms with Crippen LogP contribution in [-0.4, -0.2) is 39.2 Å². The van der Waals surface area contributed by atoms with Crippen LogP contribution in [0.5, 0.6) is 5.75 Å². The van der Waals surface area contributed by atoms with E-state index in [0.29, 0.717) is 37.5 Å². The number of aromatic nitrogens is 3. The molecule has 6 rings (SSSR count). The molecule has 0 fully saturated rings. The van der Waals surface area contributed by atoms with Gasteiger partial charge in [-0.25, -0.2) is 22.5 Å². The molecule has 2 atom stereocenters. The number of rotatable bonds is 8. The number of nitrogens with zero attached hydrogens (tertiary/aromatic N) is 1. The molecule has 2 unspecified atom stereocenters. The van der Waals surface area contributed by atoms with Crippen LogP contribution in [0.25, 0.3) is 22.3 Å². The van der Waals surface area contributed by atoms with Crippen LogP contribution in [0, 0.1) is 23.3 Å². The summed E-state index contributed by atoms with van der Waals surface area (Å²) in [6, 6.07) is 10.4. The molecule has 7 nitrogen and oxygen atoms in total. The average molecular weight is 608 g/mol. The number of carbonyl (C=O) groups excluding carboxylic acids is 1. The van der Waals surface area contributed by atoms with Crippen LogP contribution in [0.4, 0.5) is 17.6 Å². The van der Waals surface area contributed by atoms with Crippen molar-refractivity contribution in [3.05, 3.63) is 106 Å². The third-order valence-corrected chi connectivity index (χ3v) is 8.32. The van der Waals surface area contributed by atoms with E-state index in [1.54, 1.807) is 13.1 Å². The molecule has 5 aromatic rings. The number of H-pyrrole nitrogens is 2. The minimum absolute atomic E-state index is 0.0455. The second kappa shape index (κ2) is 11.5. The number of aliphatic hydroxyl groups excluding tert-OH is 1. The highest BCUT2D eigenvalue weighted by molar-refractivity contribution is 5.82. The van der Waals surface area contributed by atoms with Crippen molar-refractivity contribution in [3.8, 4) is 17.1 Å². The van der Waals surface area contributed by atoms with Crippen molar-refractivity contribution < 1.29 is 36.9 Å². The molecule has 0 saturated carbocycles. The topological polar surface area (TPSA) is 100 Å². The molecule has 0 spiro atoms. The number of aromatic amines is 2.